The van der Waals surface area contributed by atoms with E-state index in [4.69, 9.17) is 51.6 Å². The lowest BCUT2D eigenvalue weighted by Gasteiger charge is -2.18. The van der Waals surface area contributed by atoms with Crippen LogP contribution in [0.5, 0.6) is 11.5 Å². The van der Waals surface area contributed by atoms with Crippen LogP contribution in [0.15, 0.2) is 0 Å². The fraction of sp³-hybridized carbons (Fsp3) is 0.556. The Morgan fingerprint density at radius 1 is 0.750 bits per heavy atom. The summed E-state index contributed by atoms with van der Waals surface area (Å²) in [4.78, 5) is 0. The van der Waals surface area contributed by atoms with Gasteiger partial charge in [-0.3, -0.25) is 0 Å². The van der Waals surface area contributed by atoms with Gasteiger partial charge in [-0.1, -0.05) is 23.2 Å². The molecule has 0 radical (unpaired) electrons. The van der Waals surface area contributed by atoms with E-state index in [1.165, 1.54) is 0 Å². The topological polar surface area (TPSA) is 103 Å². The fourth-order valence-electron chi connectivity index (χ4n) is 2.79. The largest absolute Gasteiger partial charge is 0.490 e. The minimum Gasteiger partial charge on any atom is -0.490 e. The molecule has 3 rings (SSSR count). The van der Waals surface area contributed by atoms with Crippen LogP contribution in [0.2, 0.25) is 10.0 Å². The Morgan fingerprint density at radius 3 is 1.43 bits per heavy atom. The van der Waals surface area contributed by atoms with Crippen molar-refractivity contribution < 1.29 is 28.4 Å². The molecule has 2 aliphatic rings. The van der Waals surface area contributed by atoms with Crippen molar-refractivity contribution in [1.29, 1.82) is 10.5 Å². The van der Waals surface area contributed by atoms with E-state index in [0.29, 0.717) is 39.3 Å². The van der Waals surface area contributed by atoms with Crippen LogP contribution in [-0.4, -0.2) is 52.2 Å². The van der Waals surface area contributed by atoms with Crippen LogP contribution in [0, 0.1) is 22.7 Å². The molecule has 2 fully saturated rings. The van der Waals surface area contributed by atoms with Crippen molar-refractivity contribution in [2.45, 2.75) is 25.4 Å². The minimum atomic E-state index is -0.363. The Kier molecular flexibility index (Phi) is 7.57. The number of hydrogen-bond acceptors (Lipinski definition) is 8. The van der Waals surface area contributed by atoms with Gasteiger partial charge in [0.2, 0.25) is 0 Å². The van der Waals surface area contributed by atoms with E-state index in [0.717, 1.165) is 0 Å². The number of benzene rings is 1. The van der Waals surface area contributed by atoms with E-state index < -0.39 is 0 Å². The van der Waals surface area contributed by atoms with Crippen molar-refractivity contribution >= 4 is 23.2 Å². The molecule has 1 aromatic carbocycles. The van der Waals surface area contributed by atoms with Crippen LogP contribution < -0.4 is 9.47 Å². The van der Waals surface area contributed by atoms with Crippen molar-refractivity contribution in [1.82, 2.24) is 0 Å². The third-order valence-electron chi connectivity index (χ3n) is 4.10. The monoisotopic (exact) mass is 428 g/mol. The highest BCUT2D eigenvalue weighted by Gasteiger charge is 2.26. The summed E-state index contributed by atoms with van der Waals surface area (Å²) in [5.74, 6) is 0.0806. The molecule has 0 aliphatic carbocycles. The van der Waals surface area contributed by atoms with Gasteiger partial charge in [-0.15, -0.1) is 0 Å². The molecule has 0 bridgehead atoms. The lowest BCUT2D eigenvalue weighted by Crippen LogP contribution is -2.14. The number of rotatable bonds is 8. The maximum atomic E-state index is 9.55. The van der Waals surface area contributed by atoms with Crippen LogP contribution in [-0.2, 0) is 18.9 Å². The first-order valence-electron chi connectivity index (χ1n) is 8.72. The Hall–Kier alpha value is -1.78. The first-order valence-corrected chi connectivity index (χ1v) is 9.48. The number of hydrogen-bond donors (Lipinski definition) is 0. The van der Waals surface area contributed by atoms with Crippen LogP contribution >= 0.6 is 23.2 Å². The molecule has 150 valence electrons. The summed E-state index contributed by atoms with van der Waals surface area (Å²) in [6.07, 6.45) is 0.163. The highest BCUT2D eigenvalue weighted by Crippen LogP contribution is 2.45. The van der Waals surface area contributed by atoms with Gasteiger partial charge in [-0.2, -0.15) is 10.5 Å². The Morgan fingerprint density at radius 2 is 1.11 bits per heavy atom. The molecule has 0 unspecified atom stereocenters. The quantitative estimate of drug-likeness (QED) is 0.622. The van der Waals surface area contributed by atoms with E-state index in [1.54, 1.807) is 0 Å². The fourth-order valence-corrected chi connectivity index (χ4v) is 3.26. The van der Waals surface area contributed by atoms with Gasteiger partial charge in [0, 0.05) is 12.8 Å². The molecule has 2 saturated heterocycles. The van der Waals surface area contributed by atoms with Crippen molar-refractivity contribution in [3.8, 4) is 23.6 Å². The highest BCUT2D eigenvalue weighted by molar-refractivity contribution is 6.44. The Labute approximate surface area is 172 Å². The molecule has 0 atom stereocenters. The molecule has 1 aromatic rings. The maximum absolute atomic E-state index is 9.55. The maximum Gasteiger partial charge on any atom is 0.161 e. The van der Waals surface area contributed by atoms with Gasteiger partial charge in [0.25, 0.3) is 0 Å². The molecule has 2 heterocycles. The molecular formula is C18H18Cl2N2O6. The molecule has 0 N–H and O–H groups in total. The molecule has 0 amide bonds. The summed E-state index contributed by atoms with van der Waals surface area (Å²) in [7, 11) is 0. The van der Waals surface area contributed by atoms with Crippen LogP contribution in [0.3, 0.4) is 0 Å². The van der Waals surface area contributed by atoms with E-state index >= 15 is 0 Å². The molecule has 28 heavy (non-hydrogen) atoms. The van der Waals surface area contributed by atoms with Gasteiger partial charge < -0.3 is 28.4 Å². The molecule has 8 nitrogen and oxygen atoms in total. The highest BCUT2D eigenvalue weighted by atomic mass is 35.5. The van der Waals surface area contributed by atoms with Crippen molar-refractivity contribution in [2.75, 3.05) is 39.6 Å². The van der Waals surface area contributed by atoms with E-state index in [9.17, 15) is 10.5 Å². The van der Waals surface area contributed by atoms with Crippen LogP contribution in [0.25, 0.3) is 0 Å². The average Bonchev–Trinajstić information content (AvgIpc) is 3.40. The Balaban J connectivity index is 1.74. The van der Waals surface area contributed by atoms with Gasteiger partial charge in [0.05, 0.1) is 39.6 Å². The zero-order valence-electron chi connectivity index (χ0n) is 14.9. The number of halogens is 2. The first kappa shape index (κ1) is 20.9. The van der Waals surface area contributed by atoms with Crippen LogP contribution in [0.4, 0.5) is 0 Å². The number of ether oxygens (including phenoxy) is 6. The molecule has 0 aromatic heterocycles. The predicted molar refractivity (Wildman–Crippen MR) is 97.5 cm³/mol. The van der Waals surface area contributed by atoms with Gasteiger partial charge in [0.1, 0.15) is 33.3 Å². The molecule has 0 spiro atoms. The number of nitriles is 2. The molecule has 2 aliphatic heterocycles. The molecule has 10 heteroatoms. The lowest BCUT2D eigenvalue weighted by molar-refractivity contribution is -0.0536. The first-order chi connectivity index (χ1) is 13.7. The number of nitrogens with zero attached hydrogens (tertiary/aromatic N) is 2. The summed E-state index contributed by atoms with van der Waals surface area (Å²) in [6.45, 7) is 2.47. The van der Waals surface area contributed by atoms with E-state index in [-0.39, 0.29) is 58.5 Å². The third-order valence-corrected chi connectivity index (χ3v) is 4.92. The summed E-state index contributed by atoms with van der Waals surface area (Å²) < 4.78 is 32.6. The van der Waals surface area contributed by atoms with Gasteiger partial charge in [-0.25, -0.2) is 0 Å². The zero-order valence-corrected chi connectivity index (χ0v) is 16.4. The van der Waals surface area contributed by atoms with Gasteiger partial charge in [0.15, 0.2) is 24.1 Å². The van der Waals surface area contributed by atoms with E-state index in [2.05, 4.69) is 0 Å². The Bertz CT molecular complexity index is 715. The second kappa shape index (κ2) is 10.1. The second-order valence-electron chi connectivity index (χ2n) is 5.88. The normalized spacial score (nSPS) is 17.4. The van der Waals surface area contributed by atoms with Crippen molar-refractivity contribution in [2.24, 2.45) is 0 Å². The molecular weight excluding hydrogens is 411 g/mol. The molecule has 0 saturated carbocycles. The summed E-state index contributed by atoms with van der Waals surface area (Å²) >= 11 is 12.6. The van der Waals surface area contributed by atoms with Crippen molar-refractivity contribution in [3.05, 3.63) is 21.2 Å². The summed E-state index contributed by atoms with van der Waals surface area (Å²) in [6, 6.07) is 3.90. The summed E-state index contributed by atoms with van der Waals surface area (Å²) in [5, 5.41) is 19.1. The summed E-state index contributed by atoms with van der Waals surface area (Å²) in [5.41, 5.74) is -0.0675. The minimum absolute atomic E-state index is 0.00819. The lowest BCUT2D eigenvalue weighted by atomic mass is 10.1. The van der Waals surface area contributed by atoms with Gasteiger partial charge in [-0.05, 0) is 0 Å². The predicted octanol–water partition coefficient (Wildman–Crippen LogP) is 3.02. The van der Waals surface area contributed by atoms with Gasteiger partial charge >= 0.3 is 0 Å². The standard InChI is InChI=1S/C18H18Cl2N2O6/c19-15-16(20)18(28-4-2-14-25-7-8-26-14)12(10-22)11(9-21)17(15)27-3-1-13-23-5-6-24-13/h13-14H,1-8H2. The SMILES string of the molecule is N#Cc1c(C#N)c(OCCC2OCCO2)c(Cl)c(Cl)c1OCCC1OCCO1. The second-order valence-corrected chi connectivity index (χ2v) is 6.63. The average molecular weight is 429 g/mol. The zero-order chi connectivity index (χ0) is 19.9. The smallest absolute Gasteiger partial charge is 0.161 e. The van der Waals surface area contributed by atoms with Crippen LogP contribution in [0.1, 0.15) is 24.0 Å². The third kappa shape index (κ3) is 4.79. The van der Waals surface area contributed by atoms with Crippen molar-refractivity contribution in [3.63, 3.8) is 0 Å². The van der Waals surface area contributed by atoms with E-state index in [1.807, 2.05) is 12.1 Å².